The predicted octanol–water partition coefficient (Wildman–Crippen LogP) is 5.13. The second kappa shape index (κ2) is 12.0. The molecule has 13 heteroatoms. The molecule has 10 nitrogen and oxygen atoms in total. The minimum Gasteiger partial charge on any atom is -0.497 e. The number of amides is 2. The molecule has 2 aromatic carbocycles. The number of sulfonamides is 1. The first-order valence-electron chi connectivity index (χ1n) is 11.3. The van der Waals surface area contributed by atoms with E-state index in [9.17, 15) is 18.0 Å². The molecule has 37 heavy (non-hydrogen) atoms. The predicted molar refractivity (Wildman–Crippen MR) is 145 cm³/mol. The van der Waals surface area contributed by atoms with Gasteiger partial charge in [0.1, 0.15) is 18.0 Å². The zero-order valence-corrected chi connectivity index (χ0v) is 24.8. The third-order valence-electron chi connectivity index (χ3n) is 5.27. The zero-order valence-electron chi connectivity index (χ0n) is 20.8. The number of anilines is 1. The standard InChI is InChI=1S/C24H29Br2N3O7S/c1-24(2,3)36-23(31)29-13-17(28-37(32,33)21-10-15(25)8-9-20(21)26)11-18(29)14-35-22(30)27-16-6-5-7-19(12-16)34-4/h5-10,12,17-18,28H,11,13-14H2,1-4H3,(H,27,30)/t17-,18-/m1/s1. The fourth-order valence-electron chi connectivity index (χ4n) is 3.70. The van der Waals surface area contributed by atoms with Gasteiger partial charge in [-0.15, -0.1) is 0 Å². The number of halogens is 2. The lowest BCUT2D eigenvalue weighted by molar-refractivity contribution is 0.0163. The van der Waals surface area contributed by atoms with Gasteiger partial charge in [-0.2, -0.15) is 0 Å². The zero-order chi connectivity index (χ0) is 27.4. The first-order chi connectivity index (χ1) is 17.3. The lowest BCUT2D eigenvalue weighted by Gasteiger charge is -2.28. The van der Waals surface area contributed by atoms with Crippen molar-refractivity contribution in [1.82, 2.24) is 9.62 Å². The molecule has 202 valence electrons. The first kappa shape index (κ1) is 29.2. The second-order valence-corrected chi connectivity index (χ2v) is 12.8. The molecule has 0 unspecified atom stereocenters. The number of likely N-dealkylation sites (tertiary alicyclic amines) is 1. The molecule has 2 amide bonds. The maximum Gasteiger partial charge on any atom is 0.411 e. The topological polar surface area (TPSA) is 123 Å². The highest BCUT2D eigenvalue weighted by atomic mass is 79.9. The van der Waals surface area contributed by atoms with E-state index in [2.05, 4.69) is 41.9 Å². The van der Waals surface area contributed by atoms with Crippen molar-refractivity contribution in [2.45, 2.75) is 49.8 Å². The molecule has 0 aromatic heterocycles. The van der Waals surface area contributed by atoms with Crippen molar-refractivity contribution in [2.75, 3.05) is 25.6 Å². The molecule has 1 aliphatic heterocycles. The van der Waals surface area contributed by atoms with E-state index >= 15 is 0 Å². The summed E-state index contributed by atoms with van der Waals surface area (Å²) in [4.78, 5) is 26.7. The molecule has 0 bridgehead atoms. The average molecular weight is 663 g/mol. The van der Waals surface area contributed by atoms with Gasteiger partial charge in [-0.1, -0.05) is 22.0 Å². The van der Waals surface area contributed by atoms with E-state index in [0.29, 0.717) is 20.4 Å². The lowest BCUT2D eigenvalue weighted by atomic mass is 10.2. The fourth-order valence-corrected chi connectivity index (χ4v) is 6.44. The van der Waals surface area contributed by atoms with E-state index in [1.165, 1.54) is 18.1 Å². The van der Waals surface area contributed by atoms with Crippen LogP contribution in [0.25, 0.3) is 0 Å². The summed E-state index contributed by atoms with van der Waals surface area (Å²) in [7, 11) is -2.40. The number of hydrogen-bond donors (Lipinski definition) is 2. The Balaban J connectivity index is 1.71. The van der Waals surface area contributed by atoms with Gasteiger partial charge in [-0.25, -0.2) is 22.7 Å². The Morgan fingerprint density at radius 1 is 1.14 bits per heavy atom. The molecule has 2 aromatic rings. The average Bonchev–Trinajstić information content (AvgIpc) is 3.20. The summed E-state index contributed by atoms with van der Waals surface area (Å²) < 4.78 is 45.9. The van der Waals surface area contributed by atoms with Crippen LogP contribution in [0.3, 0.4) is 0 Å². The molecule has 2 N–H and O–H groups in total. The van der Waals surface area contributed by atoms with E-state index < -0.39 is 39.9 Å². The Morgan fingerprint density at radius 2 is 1.86 bits per heavy atom. The number of nitrogens with zero attached hydrogens (tertiary/aromatic N) is 1. The number of carbonyl (C=O) groups is 2. The van der Waals surface area contributed by atoms with E-state index in [0.717, 1.165) is 0 Å². The smallest absolute Gasteiger partial charge is 0.411 e. The van der Waals surface area contributed by atoms with Gasteiger partial charge in [-0.3, -0.25) is 5.32 Å². The number of hydrogen-bond acceptors (Lipinski definition) is 7. The van der Waals surface area contributed by atoms with Crippen molar-refractivity contribution < 1.29 is 32.2 Å². The van der Waals surface area contributed by atoms with Crippen LogP contribution in [0.15, 0.2) is 56.3 Å². The third-order valence-corrected chi connectivity index (χ3v) is 8.28. The van der Waals surface area contributed by atoms with Crippen LogP contribution in [0, 0.1) is 0 Å². The summed E-state index contributed by atoms with van der Waals surface area (Å²) >= 11 is 6.57. The van der Waals surface area contributed by atoms with Gasteiger partial charge in [-0.05, 0) is 73.5 Å². The van der Waals surface area contributed by atoms with Gasteiger partial charge in [0.2, 0.25) is 10.0 Å². The Labute approximate surface area is 233 Å². The second-order valence-electron chi connectivity index (χ2n) is 9.37. The Hall–Kier alpha value is -2.35. The summed E-state index contributed by atoms with van der Waals surface area (Å²) in [6.45, 7) is 5.09. The van der Waals surface area contributed by atoms with Crippen LogP contribution in [0.5, 0.6) is 5.75 Å². The number of nitrogens with one attached hydrogen (secondary N) is 2. The van der Waals surface area contributed by atoms with Crippen molar-refractivity contribution in [1.29, 1.82) is 0 Å². The molecule has 3 rings (SSSR count). The van der Waals surface area contributed by atoms with Crippen molar-refractivity contribution in [3.05, 3.63) is 51.4 Å². The molecule has 0 aliphatic carbocycles. The molecule has 2 atom stereocenters. The van der Waals surface area contributed by atoms with Gasteiger partial charge in [0, 0.05) is 33.3 Å². The van der Waals surface area contributed by atoms with E-state index in [1.54, 1.807) is 57.2 Å². The minimum absolute atomic E-state index is 0.0469. The van der Waals surface area contributed by atoms with Crippen LogP contribution in [0.1, 0.15) is 27.2 Å². The molecule has 1 heterocycles. The van der Waals surface area contributed by atoms with Crippen molar-refractivity contribution in [3.63, 3.8) is 0 Å². The summed E-state index contributed by atoms with van der Waals surface area (Å²) in [6.07, 6.45) is -1.13. The van der Waals surface area contributed by atoms with Crippen LogP contribution >= 0.6 is 31.9 Å². The molecular formula is C24H29Br2N3O7S. The molecule has 0 spiro atoms. The van der Waals surface area contributed by atoms with Crippen LogP contribution in [0.2, 0.25) is 0 Å². The van der Waals surface area contributed by atoms with E-state index in [-0.39, 0.29) is 24.5 Å². The highest BCUT2D eigenvalue weighted by molar-refractivity contribution is 9.11. The van der Waals surface area contributed by atoms with Gasteiger partial charge in [0.15, 0.2) is 0 Å². The van der Waals surface area contributed by atoms with Gasteiger partial charge in [0.05, 0.1) is 18.0 Å². The highest BCUT2D eigenvalue weighted by Gasteiger charge is 2.40. The highest BCUT2D eigenvalue weighted by Crippen LogP contribution is 2.28. The largest absolute Gasteiger partial charge is 0.497 e. The van der Waals surface area contributed by atoms with Crippen molar-refractivity contribution in [2.24, 2.45) is 0 Å². The first-order valence-corrected chi connectivity index (χ1v) is 14.4. The summed E-state index contributed by atoms with van der Waals surface area (Å²) in [5.41, 5.74) is -0.282. The van der Waals surface area contributed by atoms with Gasteiger partial charge >= 0.3 is 12.2 Å². The molecule has 0 radical (unpaired) electrons. The monoisotopic (exact) mass is 661 g/mol. The molecule has 1 aliphatic rings. The maximum atomic E-state index is 13.1. The third kappa shape index (κ3) is 8.32. The molecule has 1 fully saturated rings. The fraction of sp³-hybridized carbons (Fsp3) is 0.417. The van der Waals surface area contributed by atoms with E-state index in [1.807, 2.05) is 0 Å². The van der Waals surface area contributed by atoms with Crippen LogP contribution in [-0.4, -0.2) is 63.5 Å². The lowest BCUT2D eigenvalue weighted by Crippen LogP contribution is -2.43. The van der Waals surface area contributed by atoms with Crippen LogP contribution in [0.4, 0.5) is 15.3 Å². The quantitative estimate of drug-likeness (QED) is 0.422. The summed E-state index contributed by atoms with van der Waals surface area (Å²) in [6, 6.07) is 10.4. The number of carbonyl (C=O) groups excluding carboxylic acids is 2. The van der Waals surface area contributed by atoms with Crippen molar-refractivity contribution >= 4 is 59.8 Å². The normalized spacial score (nSPS) is 17.8. The Morgan fingerprint density at radius 3 is 2.54 bits per heavy atom. The number of benzene rings is 2. The van der Waals surface area contributed by atoms with Gasteiger partial charge < -0.3 is 19.1 Å². The SMILES string of the molecule is COc1cccc(NC(=O)OC[C@H]2C[C@@H](NS(=O)(=O)c3cc(Br)ccc3Br)CN2C(=O)OC(C)(C)C)c1. The van der Waals surface area contributed by atoms with E-state index in [4.69, 9.17) is 14.2 Å². The molecule has 1 saturated heterocycles. The Bertz CT molecular complexity index is 1250. The maximum absolute atomic E-state index is 13.1. The molecular weight excluding hydrogens is 634 g/mol. The summed E-state index contributed by atoms with van der Waals surface area (Å²) in [5.74, 6) is 0.567. The molecule has 0 saturated carbocycles. The minimum atomic E-state index is -3.92. The van der Waals surface area contributed by atoms with Gasteiger partial charge in [0.25, 0.3) is 0 Å². The van der Waals surface area contributed by atoms with Crippen LogP contribution in [-0.2, 0) is 19.5 Å². The van der Waals surface area contributed by atoms with Crippen molar-refractivity contribution in [3.8, 4) is 5.75 Å². The number of rotatable bonds is 7. The Kier molecular flexibility index (Phi) is 9.48. The number of methoxy groups -OCH3 is 1. The number of ether oxygens (including phenoxy) is 3. The van der Waals surface area contributed by atoms with Crippen LogP contribution < -0.4 is 14.8 Å². The summed E-state index contributed by atoms with van der Waals surface area (Å²) in [5, 5.41) is 2.61.